The Morgan fingerprint density at radius 3 is 2.11 bits per heavy atom. The summed E-state index contributed by atoms with van der Waals surface area (Å²) in [5, 5.41) is 1.62. The maximum atomic E-state index is 5.79. The Balaban J connectivity index is 2.92. The molecule has 0 radical (unpaired) electrons. The first-order valence-electron chi connectivity index (χ1n) is 2.74. The van der Waals surface area contributed by atoms with Crippen LogP contribution in [0.15, 0.2) is 10.1 Å². The number of allylic oxidation sites excluding steroid dienone is 2. The second-order valence-electron chi connectivity index (χ2n) is 2.82. The van der Waals surface area contributed by atoms with E-state index in [4.69, 9.17) is 23.2 Å². The normalized spacial score (nSPS) is 24.4. The largest absolute Gasteiger partial charge is 0.104 e. The predicted molar refractivity (Wildman–Crippen MR) is 48.4 cm³/mol. The van der Waals surface area contributed by atoms with Gasteiger partial charge in [0.15, 0.2) is 0 Å². The summed E-state index contributed by atoms with van der Waals surface area (Å²) < 4.78 is 0. The van der Waals surface area contributed by atoms with Gasteiger partial charge in [-0.05, 0) is 19.1 Å². The summed E-state index contributed by atoms with van der Waals surface area (Å²) in [5.74, 6) is 2.11. The molecule has 1 rings (SSSR count). The molecule has 0 unspecified atom stereocenters. The fourth-order valence-electron chi connectivity index (χ4n) is 0.856. The van der Waals surface area contributed by atoms with E-state index >= 15 is 0 Å². The van der Waals surface area contributed by atoms with Crippen LogP contribution in [-0.2, 0) is 0 Å². The van der Waals surface area contributed by atoms with Crippen LogP contribution in [0.5, 0.6) is 0 Å². The molecule has 1 heterocycles. The molecule has 0 bridgehead atoms. The highest BCUT2D eigenvalue weighted by Gasteiger charge is 2.15. The fourth-order valence-corrected chi connectivity index (χ4v) is 4.61. The zero-order valence-corrected chi connectivity index (χ0v) is 7.89. The zero-order chi connectivity index (χ0) is 7.07. The molecule has 0 saturated heterocycles. The third-order valence-corrected chi connectivity index (χ3v) is 4.47. The molecular weight excluding hydrogens is 174 g/mol. The summed E-state index contributed by atoms with van der Waals surface area (Å²) in [4.78, 5) is 0. The summed E-state index contributed by atoms with van der Waals surface area (Å²) in [5.41, 5.74) is 0. The summed E-state index contributed by atoms with van der Waals surface area (Å²) in [6.45, 7) is 3.59. The topological polar surface area (TPSA) is 0 Å². The van der Waals surface area contributed by atoms with Gasteiger partial charge in [0, 0.05) is 11.2 Å². The van der Waals surface area contributed by atoms with Crippen molar-refractivity contribution in [2.24, 2.45) is 0 Å². The van der Waals surface area contributed by atoms with Gasteiger partial charge in [-0.15, -0.1) is 6.89 Å². The van der Waals surface area contributed by atoms with E-state index in [2.05, 4.69) is 19.1 Å². The van der Waals surface area contributed by atoms with Crippen LogP contribution in [0.4, 0.5) is 0 Å². The fraction of sp³-hybridized carbons (Fsp3) is 0.500. The molecule has 0 fully saturated rings. The standard InChI is InChI=1S/C6H9Cl2P/c1-9(2)3-5(7)6(8)4-9/h3H,4H2,1-2H3. The van der Waals surface area contributed by atoms with Gasteiger partial charge in [0.25, 0.3) is 0 Å². The minimum Gasteiger partial charge on any atom is -0.104 e. The number of hydrogen-bond donors (Lipinski definition) is 0. The van der Waals surface area contributed by atoms with Gasteiger partial charge in [0.2, 0.25) is 0 Å². The second-order valence-corrected chi connectivity index (χ2v) is 7.81. The first kappa shape index (κ1) is 7.72. The van der Waals surface area contributed by atoms with Gasteiger partial charge < -0.3 is 0 Å². The molecule has 9 heavy (non-hydrogen) atoms. The smallest absolute Gasteiger partial charge is 0.0556 e. The molecule has 1 aliphatic rings. The lowest BCUT2D eigenvalue weighted by molar-refractivity contribution is 1.67. The van der Waals surface area contributed by atoms with Gasteiger partial charge in [0.1, 0.15) is 0 Å². The molecule has 0 N–H and O–H groups in total. The quantitative estimate of drug-likeness (QED) is 0.506. The van der Waals surface area contributed by atoms with Crippen LogP contribution in [0.2, 0.25) is 0 Å². The van der Waals surface area contributed by atoms with E-state index in [0.29, 0.717) is 0 Å². The number of rotatable bonds is 0. The summed E-state index contributed by atoms with van der Waals surface area (Å²) in [6.07, 6.45) is 0.993. The molecule has 0 aromatic rings. The highest BCUT2D eigenvalue weighted by molar-refractivity contribution is 7.74. The predicted octanol–water partition coefficient (Wildman–Crippen LogP) is 2.77. The first-order chi connectivity index (χ1) is 4.01. The highest BCUT2D eigenvalue weighted by Crippen LogP contribution is 2.47. The average Bonchev–Trinajstić information content (AvgIpc) is 1.79. The van der Waals surface area contributed by atoms with Gasteiger partial charge in [-0.25, -0.2) is 0 Å². The van der Waals surface area contributed by atoms with E-state index in [9.17, 15) is 0 Å². The van der Waals surface area contributed by atoms with Crippen LogP contribution in [0, 0.1) is 0 Å². The average molecular weight is 183 g/mol. The second kappa shape index (κ2) is 2.34. The van der Waals surface area contributed by atoms with Crippen molar-refractivity contribution in [2.75, 3.05) is 19.5 Å². The lowest BCUT2D eigenvalue weighted by Crippen LogP contribution is -1.79. The van der Waals surface area contributed by atoms with E-state index in [-0.39, 0.29) is 0 Å². The first-order valence-corrected chi connectivity index (χ1v) is 6.43. The minimum absolute atomic E-state index is 0.773. The summed E-state index contributed by atoms with van der Waals surface area (Å²) in [7, 11) is 0. The SMILES string of the molecule is CP1(C)=CC(Cl)=C(Cl)C1. The van der Waals surface area contributed by atoms with Gasteiger partial charge in [-0.1, -0.05) is 23.2 Å². The molecule has 1 aliphatic heterocycles. The van der Waals surface area contributed by atoms with Crippen LogP contribution < -0.4 is 0 Å². The van der Waals surface area contributed by atoms with Crippen LogP contribution in [0.3, 0.4) is 0 Å². The van der Waals surface area contributed by atoms with Crippen molar-refractivity contribution in [2.45, 2.75) is 0 Å². The van der Waals surface area contributed by atoms with Crippen LogP contribution in [0.1, 0.15) is 0 Å². The Morgan fingerprint density at radius 1 is 1.44 bits per heavy atom. The van der Waals surface area contributed by atoms with Gasteiger partial charge in [-0.3, -0.25) is 0 Å². The van der Waals surface area contributed by atoms with Gasteiger partial charge >= 0.3 is 0 Å². The molecule has 0 nitrogen and oxygen atoms in total. The van der Waals surface area contributed by atoms with E-state index in [1.165, 1.54) is 0 Å². The minimum atomic E-state index is -0.868. The monoisotopic (exact) mass is 182 g/mol. The number of hydrogen-bond acceptors (Lipinski definition) is 0. The Hall–Kier alpha value is 0.620. The van der Waals surface area contributed by atoms with Crippen molar-refractivity contribution in [3.8, 4) is 0 Å². The highest BCUT2D eigenvalue weighted by atomic mass is 35.5. The van der Waals surface area contributed by atoms with Crippen LogP contribution in [0.25, 0.3) is 0 Å². The third-order valence-electron chi connectivity index (χ3n) is 1.27. The number of halogens is 2. The van der Waals surface area contributed by atoms with Crippen molar-refractivity contribution in [1.82, 2.24) is 0 Å². The molecule has 0 aromatic carbocycles. The van der Waals surface area contributed by atoms with Crippen molar-refractivity contribution in [1.29, 1.82) is 0 Å². The molecule has 3 heteroatoms. The molecule has 0 spiro atoms. The molecular formula is C6H9Cl2P. The van der Waals surface area contributed by atoms with E-state index in [0.717, 1.165) is 16.2 Å². The Kier molecular flexibility index (Phi) is 2.01. The van der Waals surface area contributed by atoms with Gasteiger partial charge in [0.05, 0.1) is 5.03 Å². The van der Waals surface area contributed by atoms with Crippen molar-refractivity contribution in [3.63, 3.8) is 0 Å². The zero-order valence-electron chi connectivity index (χ0n) is 5.49. The molecule has 0 atom stereocenters. The molecule has 0 aliphatic carbocycles. The Labute approximate surface area is 65.8 Å². The van der Waals surface area contributed by atoms with Crippen molar-refractivity contribution in [3.05, 3.63) is 10.1 Å². The molecule has 52 valence electrons. The molecule has 0 saturated carbocycles. The Bertz CT molecular complexity index is 209. The van der Waals surface area contributed by atoms with E-state index in [1.54, 1.807) is 0 Å². The lowest BCUT2D eigenvalue weighted by Gasteiger charge is -2.05. The maximum absolute atomic E-state index is 5.79. The summed E-state index contributed by atoms with van der Waals surface area (Å²) in [6, 6.07) is 0. The summed E-state index contributed by atoms with van der Waals surface area (Å²) >= 11 is 11.6. The van der Waals surface area contributed by atoms with Crippen molar-refractivity contribution < 1.29 is 0 Å². The van der Waals surface area contributed by atoms with E-state index < -0.39 is 6.89 Å². The maximum Gasteiger partial charge on any atom is 0.0556 e. The Morgan fingerprint density at radius 2 is 2.00 bits per heavy atom. The van der Waals surface area contributed by atoms with Gasteiger partial charge in [-0.2, -0.15) is 0 Å². The third kappa shape index (κ3) is 1.77. The molecule has 0 aromatic heterocycles. The van der Waals surface area contributed by atoms with Crippen LogP contribution >= 0.6 is 30.1 Å². The van der Waals surface area contributed by atoms with Crippen LogP contribution in [-0.4, -0.2) is 25.3 Å². The lowest BCUT2D eigenvalue weighted by atomic mass is 10.6. The molecule has 0 amide bonds. The van der Waals surface area contributed by atoms with Crippen molar-refractivity contribution >= 4 is 35.9 Å². The van der Waals surface area contributed by atoms with E-state index in [1.807, 2.05) is 0 Å².